The summed E-state index contributed by atoms with van der Waals surface area (Å²) in [5.41, 5.74) is 0.414. The van der Waals surface area contributed by atoms with Gasteiger partial charge in [-0.15, -0.1) is 0 Å². The summed E-state index contributed by atoms with van der Waals surface area (Å²) in [5, 5.41) is 4.83. The molecular weight excluding hydrogens is 274 g/mol. The Morgan fingerprint density at radius 2 is 2.12 bits per heavy atom. The molecule has 0 heterocycles. The number of nitrogens with one attached hydrogen (secondary N) is 1. The van der Waals surface area contributed by atoms with Crippen molar-refractivity contribution in [1.82, 2.24) is 4.72 Å². The van der Waals surface area contributed by atoms with E-state index in [-0.39, 0.29) is 10.6 Å². The fourth-order valence-corrected chi connectivity index (χ4v) is 2.86. The fourth-order valence-electron chi connectivity index (χ4n) is 1.94. The Bertz CT molecular complexity index is 562. The molecule has 2 rings (SSSR count). The fraction of sp³-hybridized carbons (Fsp3) is 0.333. The van der Waals surface area contributed by atoms with Gasteiger partial charge in [0, 0.05) is 11.4 Å². The maximum Gasteiger partial charge on any atom is 0.275 e. The topological polar surface area (TPSA) is 72.2 Å². The van der Waals surface area contributed by atoms with E-state index >= 15 is 0 Å². The van der Waals surface area contributed by atoms with Crippen LogP contribution in [0.1, 0.15) is 17.2 Å². The van der Waals surface area contributed by atoms with Crippen molar-refractivity contribution in [2.24, 2.45) is 5.14 Å². The summed E-state index contributed by atoms with van der Waals surface area (Å²) < 4.78 is 50.8. The monoisotopic (exact) mass is 282 g/mol. The van der Waals surface area contributed by atoms with Gasteiger partial charge in [0.15, 0.2) is 0 Å². The van der Waals surface area contributed by atoms with Crippen LogP contribution in [0.3, 0.4) is 0 Å². The van der Waals surface area contributed by atoms with E-state index in [1.807, 2.05) is 0 Å². The van der Waals surface area contributed by atoms with Crippen LogP contribution in [0.5, 0.6) is 0 Å². The highest BCUT2D eigenvalue weighted by Crippen LogP contribution is 2.46. The zero-order valence-corrected chi connectivity index (χ0v) is 10.0. The summed E-state index contributed by atoms with van der Waals surface area (Å²) in [6.07, 6.45) is -0.559. The van der Waals surface area contributed by atoms with Crippen LogP contribution < -0.4 is 9.86 Å². The third-order valence-corrected chi connectivity index (χ3v) is 3.46. The summed E-state index contributed by atoms with van der Waals surface area (Å²) in [6.45, 7) is 0. The van der Waals surface area contributed by atoms with E-state index in [1.165, 1.54) is 18.2 Å². The molecule has 1 aliphatic carbocycles. The summed E-state index contributed by atoms with van der Waals surface area (Å²) in [7, 11) is -4.23. The number of alkyl halides is 2. The van der Waals surface area contributed by atoms with Crippen molar-refractivity contribution >= 4 is 21.8 Å². The second-order valence-corrected chi connectivity index (χ2v) is 5.58. The first kappa shape index (κ1) is 12.7. The van der Waals surface area contributed by atoms with Crippen molar-refractivity contribution in [2.45, 2.75) is 18.4 Å². The van der Waals surface area contributed by atoms with Gasteiger partial charge in [0.1, 0.15) is 6.04 Å². The van der Waals surface area contributed by atoms with Crippen LogP contribution in [0.4, 0.5) is 8.78 Å². The summed E-state index contributed by atoms with van der Waals surface area (Å²) >= 11 is 5.81. The van der Waals surface area contributed by atoms with Crippen molar-refractivity contribution in [3.05, 3.63) is 34.3 Å². The molecule has 0 aromatic heterocycles. The van der Waals surface area contributed by atoms with Gasteiger partial charge in [0.2, 0.25) is 0 Å². The lowest BCUT2D eigenvalue weighted by Gasteiger charge is -2.20. The van der Waals surface area contributed by atoms with Crippen LogP contribution >= 0.6 is 11.6 Å². The zero-order chi connectivity index (χ0) is 12.8. The molecule has 8 heteroatoms. The van der Waals surface area contributed by atoms with Crippen LogP contribution in [0.25, 0.3) is 0 Å². The van der Waals surface area contributed by atoms with Crippen molar-refractivity contribution in [3.63, 3.8) is 0 Å². The Morgan fingerprint density at radius 1 is 1.47 bits per heavy atom. The number of fused-ring (bicyclic) bond motifs is 1. The predicted octanol–water partition coefficient (Wildman–Crippen LogP) is 1.37. The summed E-state index contributed by atoms with van der Waals surface area (Å²) in [5.74, 6) is -3.24. The average molecular weight is 283 g/mol. The van der Waals surface area contributed by atoms with Gasteiger partial charge >= 0.3 is 0 Å². The van der Waals surface area contributed by atoms with E-state index in [1.54, 1.807) is 4.72 Å². The minimum Gasteiger partial charge on any atom is -0.216 e. The van der Waals surface area contributed by atoms with Crippen LogP contribution in [-0.4, -0.2) is 14.3 Å². The van der Waals surface area contributed by atoms with E-state index in [2.05, 4.69) is 0 Å². The van der Waals surface area contributed by atoms with E-state index in [0.29, 0.717) is 5.56 Å². The van der Waals surface area contributed by atoms with E-state index in [0.717, 1.165) is 0 Å². The number of rotatable bonds is 2. The number of hydrogen-bond donors (Lipinski definition) is 2. The third-order valence-electron chi connectivity index (χ3n) is 2.56. The van der Waals surface area contributed by atoms with Gasteiger partial charge < -0.3 is 0 Å². The Kier molecular flexibility index (Phi) is 2.89. The molecule has 0 bridgehead atoms. The molecular formula is C9H9ClF2N2O2S. The zero-order valence-electron chi connectivity index (χ0n) is 8.45. The Morgan fingerprint density at radius 3 is 2.71 bits per heavy atom. The van der Waals surface area contributed by atoms with E-state index < -0.39 is 28.6 Å². The number of hydrogen-bond acceptors (Lipinski definition) is 2. The number of benzene rings is 1. The molecule has 0 aliphatic heterocycles. The molecule has 1 aromatic rings. The molecule has 3 N–H and O–H groups in total. The van der Waals surface area contributed by atoms with Gasteiger partial charge in [-0.3, -0.25) is 0 Å². The predicted molar refractivity (Wildman–Crippen MR) is 59.1 cm³/mol. The SMILES string of the molecule is NS(=O)(=O)N[C@H]1c2c(Cl)cccc2CC1(F)F. The quantitative estimate of drug-likeness (QED) is 0.860. The minimum absolute atomic E-state index is 0.0909. The Labute approximate surface area is 102 Å². The van der Waals surface area contributed by atoms with Gasteiger partial charge in [-0.1, -0.05) is 23.7 Å². The van der Waals surface area contributed by atoms with Crippen LogP contribution in [-0.2, 0) is 16.6 Å². The summed E-state index contributed by atoms with van der Waals surface area (Å²) in [6, 6.07) is 2.75. The molecule has 0 saturated carbocycles. The van der Waals surface area contributed by atoms with Crippen LogP contribution in [0.15, 0.2) is 18.2 Å². The molecule has 1 atom stereocenters. The first-order chi connectivity index (χ1) is 7.71. The second-order valence-electron chi connectivity index (χ2n) is 3.85. The first-order valence-electron chi connectivity index (χ1n) is 4.66. The molecule has 1 aromatic carbocycles. The van der Waals surface area contributed by atoms with Crippen molar-refractivity contribution < 1.29 is 17.2 Å². The van der Waals surface area contributed by atoms with Gasteiger partial charge in [0.25, 0.3) is 16.1 Å². The largest absolute Gasteiger partial charge is 0.275 e. The second kappa shape index (κ2) is 3.88. The molecule has 94 valence electrons. The standard InChI is InChI=1S/C9H9ClF2N2O2S/c10-6-3-1-2-5-4-9(11,12)8(7(5)6)14-17(13,15)16/h1-3,8,14H,4H2,(H2,13,15,16)/t8-/m0/s1. The highest BCUT2D eigenvalue weighted by Gasteiger charge is 2.49. The number of halogens is 3. The molecule has 0 spiro atoms. The lowest BCUT2D eigenvalue weighted by atomic mass is 10.1. The van der Waals surface area contributed by atoms with Gasteiger partial charge in [-0.25, -0.2) is 13.9 Å². The molecule has 0 saturated heterocycles. The van der Waals surface area contributed by atoms with Crippen molar-refractivity contribution in [1.29, 1.82) is 0 Å². The molecule has 4 nitrogen and oxygen atoms in total. The lowest BCUT2D eigenvalue weighted by Crippen LogP contribution is -2.41. The average Bonchev–Trinajstić information content (AvgIpc) is 2.36. The number of nitrogens with two attached hydrogens (primary N) is 1. The highest BCUT2D eigenvalue weighted by molar-refractivity contribution is 7.87. The third kappa shape index (κ3) is 2.42. The highest BCUT2D eigenvalue weighted by atomic mass is 35.5. The van der Waals surface area contributed by atoms with Crippen LogP contribution in [0.2, 0.25) is 5.02 Å². The van der Waals surface area contributed by atoms with Crippen molar-refractivity contribution in [2.75, 3.05) is 0 Å². The molecule has 0 unspecified atom stereocenters. The van der Waals surface area contributed by atoms with Crippen molar-refractivity contribution in [3.8, 4) is 0 Å². The summed E-state index contributed by atoms with van der Waals surface area (Å²) in [4.78, 5) is 0. The molecule has 0 amide bonds. The first-order valence-corrected chi connectivity index (χ1v) is 6.58. The molecule has 0 fully saturated rings. The van der Waals surface area contributed by atoms with Gasteiger partial charge in [-0.2, -0.15) is 13.1 Å². The van der Waals surface area contributed by atoms with Crippen LogP contribution in [0, 0.1) is 0 Å². The molecule has 1 aliphatic rings. The maximum atomic E-state index is 13.7. The van der Waals surface area contributed by atoms with E-state index in [9.17, 15) is 17.2 Å². The van der Waals surface area contributed by atoms with Gasteiger partial charge in [0.05, 0.1) is 0 Å². The Hall–Kier alpha value is -0.760. The molecule has 0 radical (unpaired) electrons. The maximum absolute atomic E-state index is 13.7. The minimum atomic E-state index is -4.23. The Balaban J connectivity index is 2.51. The van der Waals surface area contributed by atoms with Gasteiger partial charge in [-0.05, 0) is 17.2 Å². The molecule has 17 heavy (non-hydrogen) atoms. The lowest BCUT2D eigenvalue weighted by molar-refractivity contribution is -0.0187. The smallest absolute Gasteiger partial charge is 0.216 e. The van der Waals surface area contributed by atoms with E-state index in [4.69, 9.17) is 16.7 Å². The normalized spacial score (nSPS) is 22.5.